The van der Waals surface area contributed by atoms with E-state index in [2.05, 4.69) is 33.9 Å². The molecule has 0 spiro atoms. The molecule has 20 heavy (non-hydrogen) atoms. The van der Waals surface area contributed by atoms with E-state index < -0.39 is 0 Å². The second-order valence-corrected chi connectivity index (χ2v) is 4.67. The van der Waals surface area contributed by atoms with Crippen LogP contribution in [0, 0.1) is 0 Å². The van der Waals surface area contributed by atoms with Crippen molar-refractivity contribution in [1.82, 2.24) is 9.55 Å². The monoisotopic (exact) mass is 267 g/mol. The Balaban J connectivity index is 2.02. The molecule has 0 aliphatic carbocycles. The summed E-state index contributed by atoms with van der Waals surface area (Å²) in [6.45, 7) is 1.24. The van der Waals surface area contributed by atoms with Crippen LogP contribution in [0.5, 0.6) is 5.88 Å². The van der Waals surface area contributed by atoms with Gasteiger partial charge in [0.1, 0.15) is 0 Å². The van der Waals surface area contributed by atoms with Crippen LogP contribution >= 0.6 is 0 Å². The summed E-state index contributed by atoms with van der Waals surface area (Å²) in [6.07, 6.45) is 2.07. The molecule has 0 aliphatic heterocycles. The van der Waals surface area contributed by atoms with Crippen molar-refractivity contribution in [1.29, 1.82) is 0 Å². The minimum atomic E-state index is 0.535. The van der Waals surface area contributed by atoms with Crippen molar-refractivity contribution in [2.24, 2.45) is 5.73 Å². The van der Waals surface area contributed by atoms with Crippen molar-refractivity contribution in [2.45, 2.75) is 13.1 Å². The first-order valence-corrected chi connectivity index (χ1v) is 6.58. The minimum absolute atomic E-state index is 0.535. The van der Waals surface area contributed by atoms with Gasteiger partial charge in [0, 0.05) is 18.8 Å². The molecular weight excluding hydrogens is 250 g/mol. The van der Waals surface area contributed by atoms with Crippen LogP contribution in [-0.2, 0) is 13.1 Å². The zero-order valence-electron chi connectivity index (χ0n) is 11.4. The molecule has 102 valence electrons. The summed E-state index contributed by atoms with van der Waals surface area (Å²) in [5, 5.41) is 1.20. The lowest BCUT2D eigenvalue weighted by Crippen LogP contribution is -2.05. The van der Waals surface area contributed by atoms with Gasteiger partial charge in [-0.2, -0.15) is 0 Å². The second-order valence-electron chi connectivity index (χ2n) is 4.67. The largest absolute Gasteiger partial charge is 0.481 e. The predicted octanol–water partition coefficient (Wildman–Crippen LogP) is 2.55. The fourth-order valence-corrected chi connectivity index (χ4v) is 2.47. The van der Waals surface area contributed by atoms with E-state index >= 15 is 0 Å². The Morgan fingerprint density at radius 2 is 2.00 bits per heavy atom. The molecule has 0 radical (unpaired) electrons. The van der Waals surface area contributed by atoms with Crippen molar-refractivity contribution in [3.63, 3.8) is 0 Å². The summed E-state index contributed by atoms with van der Waals surface area (Å²) in [6, 6.07) is 14.1. The van der Waals surface area contributed by atoms with Crippen molar-refractivity contribution in [3.8, 4) is 5.88 Å². The van der Waals surface area contributed by atoms with E-state index in [0.717, 1.165) is 11.3 Å². The number of pyridine rings is 1. The fraction of sp³-hybridized carbons (Fsp3) is 0.188. The minimum Gasteiger partial charge on any atom is -0.481 e. The van der Waals surface area contributed by atoms with Gasteiger partial charge in [-0.1, -0.05) is 24.3 Å². The Kier molecular flexibility index (Phi) is 3.39. The van der Waals surface area contributed by atoms with E-state index in [0.29, 0.717) is 19.0 Å². The Morgan fingerprint density at radius 3 is 2.80 bits per heavy atom. The maximum Gasteiger partial charge on any atom is 0.213 e. The summed E-state index contributed by atoms with van der Waals surface area (Å²) >= 11 is 0. The number of ether oxygens (including phenoxy) is 1. The van der Waals surface area contributed by atoms with Crippen molar-refractivity contribution < 1.29 is 4.74 Å². The van der Waals surface area contributed by atoms with E-state index in [9.17, 15) is 0 Å². The molecular formula is C16H17N3O. The molecule has 0 fully saturated rings. The van der Waals surface area contributed by atoms with E-state index in [1.54, 1.807) is 7.11 Å². The van der Waals surface area contributed by atoms with E-state index in [4.69, 9.17) is 10.5 Å². The normalized spacial score (nSPS) is 10.9. The van der Waals surface area contributed by atoms with Gasteiger partial charge in [-0.15, -0.1) is 0 Å². The third-order valence-electron chi connectivity index (χ3n) is 3.41. The Hall–Kier alpha value is -2.33. The van der Waals surface area contributed by atoms with Gasteiger partial charge < -0.3 is 15.0 Å². The zero-order valence-corrected chi connectivity index (χ0v) is 11.4. The van der Waals surface area contributed by atoms with Crippen LogP contribution in [0.4, 0.5) is 0 Å². The maximum atomic E-state index is 5.83. The van der Waals surface area contributed by atoms with Gasteiger partial charge in [0.05, 0.1) is 24.9 Å². The number of methoxy groups -OCH3 is 1. The highest BCUT2D eigenvalue weighted by Crippen LogP contribution is 2.21. The smallest absolute Gasteiger partial charge is 0.213 e. The molecule has 0 bridgehead atoms. The lowest BCUT2D eigenvalue weighted by molar-refractivity contribution is 0.396. The zero-order chi connectivity index (χ0) is 13.9. The molecule has 4 nitrogen and oxygen atoms in total. The summed E-state index contributed by atoms with van der Waals surface area (Å²) < 4.78 is 7.35. The molecule has 0 atom stereocenters. The number of hydrogen-bond donors (Lipinski definition) is 1. The van der Waals surface area contributed by atoms with Crippen molar-refractivity contribution in [3.05, 3.63) is 59.9 Å². The third-order valence-corrected chi connectivity index (χ3v) is 3.41. The average molecular weight is 267 g/mol. The predicted molar refractivity (Wildman–Crippen MR) is 79.7 cm³/mol. The lowest BCUT2D eigenvalue weighted by Gasteiger charge is -2.09. The quantitative estimate of drug-likeness (QED) is 0.790. The van der Waals surface area contributed by atoms with E-state index in [1.165, 1.54) is 10.9 Å². The number of nitrogens with zero attached hydrogens (tertiary/aromatic N) is 2. The number of aromatic nitrogens is 2. The van der Waals surface area contributed by atoms with Crippen LogP contribution in [0.25, 0.3) is 10.9 Å². The molecule has 0 saturated heterocycles. The first-order valence-electron chi connectivity index (χ1n) is 6.58. The number of hydrogen-bond acceptors (Lipinski definition) is 3. The Bertz CT molecular complexity index is 733. The van der Waals surface area contributed by atoms with Gasteiger partial charge in [0.25, 0.3) is 0 Å². The molecule has 3 rings (SSSR count). The molecule has 2 N–H and O–H groups in total. The highest BCUT2D eigenvalue weighted by atomic mass is 16.5. The SMILES string of the molecule is COc1cccc(Cn2ccc3cccc(CN)c32)n1. The number of para-hydroxylation sites is 1. The molecule has 0 amide bonds. The van der Waals surface area contributed by atoms with E-state index in [-0.39, 0.29) is 0 Å². The van der Waals surface area contributed by atoms with Crippen LogP contribution in [0.15, 0.2) is 48.7 Å². The van der Waals surface area contributed by atoms with Crippen LogP contribution in [-0.4, -0.2) is 16.7 Å². The van der Waals surface area contributed by atoms with Gasteiger partial charge in [-0.25, -0.2) is 4.98 Å². The average Bonchev–Trinajstić information content (AvgIpc) is 2.90. The van der Waals surface area contributed by atoms with Crippen LogP contribution < -0.4 is 10.5 Å². The van der Waals surface area contributed by atoms with Gasteiger partial charge >= 0.3 is 0 Å². The van der Waals surface area contributed by atoms with Crippen LogP contribution in [0.3, 0.4) is 0 Å². The maximum absolute atomic E-state index is 5.83. The van der Waals surface area contributed by atoms with Gasteiger partial charge in [0.2, 0.25) is 5.88 Å². The van der Waals surface area contributed by atoms with Gasteiger partial charge in [-0.3, -0.25) is 0 Å². The number of nitrogens with two attached hydrogens (primary N) is 1. The molecule has 2 heterocycles. The molecule has 1 aromatic carbocycles. The molecule has 0 saturated carbocycles. The number of fused-ring (bicyclic) bond motifs is 1. The molecule has 4 heteroatoms. The van der Waals surface area contributed by atoms with Gasteiger partial charge in [0.15, 0.2) is 0 Å². The fourth-order valence-electron chi connectivity index (χ4n) is 2.47. The van der Waals surface area contributed by atoms with Crippen LogP contribution in [0.1, 0.15) is 11.3 Å². The van der Waals surface area contributed by atoms with Gasteiger partial charge in [-0.05, 0) is 23.1 Å². The summed E-state index contributed by atoms with van der Waals surface area (Å²) in [5.41, 5.74) is 9.13. The third kappa shape index (κ3) is 2.26. The Labute approximate surface area is 117 Å². The molecule has 2 aromatic heterocycles. The van der Waals surface area contributed by atoms with E-state index in [1.807, 2.05) is 24.3 Å². The van der Waals surface area contributed by atoms with Crippen molar-refractivity contribution >= 4 is 10.9 Å². The highest BCUT2D eigenvalue weighted by molar-refractivity contribution is 5.83. The topological polar surface area (TPSA) is 53.1 Å². The standard InChI is InChI=1S/C16H17N3O/c1-20-15-7-3-6-14(18-15)11-19-9-8-12-4-2-5-13(10-17)16(12)19/h2-9H,10-11,17H2,1H3. The van der Waals surface area contributed by atoms with Crippen molar-refractivity contribution in [2.75, 3.05) is 7.11 Å². The Morgan fingerprint density at radius 1 is 1.15 bits per heavy atom. The van der Waals surface area contributed by atoms with Crippen LogP contribution in [0.2, 0.25) is 0 Å². The first kappa shape index (κ1) is 12.7. The number of rotatable bonds is 4. The molecule has 0 unspecified atom stereocenters. The summed E-state index contributed by atoms with van der Waals surface area (Å²) in [7, 11) is 1.63. The molecule has 0 aliphatic rings. The lowest BCUT2D eigenvalue weighted by atomic mass is 10.1. The summed E-state index contributed by atoms with van der Waals surface area (Å²) in [5.74, 6) is 0.637. The number of benzene rings is 1. The first-order chi connectivity index (χ1) is 9.81. The highest BCUT2D eigenvalue weighted by Gasteiger charge is 2.07. The molecule has 3 aromatic rings. The second kappa shape index (κ2) is 5.35. The summed E-state index contributed by atoms with van der Waals surface area (Å²) in [4.78, 5) is 4.45.